The van der Waals surface area contributed by atoms with Gasteiger partial charge in [0.05, 0.1) is 12.7 Å². The topological polar surface area (TPSA) is 55.5 Å². The first-order chi connectivity index (χ1) is 7.81. The van der Waals surface area contributed by atoms with E-state index >= 15 is 0 Å². The Labute approximate surface area is 113 Å². The molecule has 0 fully saturated rings. The summed E-state index contributed by atoms with van der Waals surface area (Å²) in [6.07, 6.45) is 9.97. The predicted molar refractivity (Wildman–Crippen MR) is 75.7 cm³/mol. The SMILES string of the molecule is CCCCCCCCCCOC[C@@H](O)CN.Cl. The van der Waals surface area contributed by atoms with Gasteiger partial charge in [0.1, 0.15) is 0 Å². The maximum atomic E-state index is 9.13. The largest absolute Gasteiger partial charge is 0.389 e. The second kappa shape index (κ2) is 16.2. The number of hydrogen-bond acceptors (Lipinski definition) is 3. The van der Waals surface area contributed by atoms with E-state index in [0.717, 1.165) is 13.0 Å². The number of rotatable bonds is 12. The normalized spacial score (nSPS) is 12.2. The fraction of sp³-hybridized carbons (Fsp3) is 1.00. The smallest absolute Gasteiger partial charge is 0.0895 e. The van der Waals surface area contributed by atoms with Crippen molar-refractivity contribution in [2.24, 2.45) is 5.73 Å². The van der Waals surface area contributed by atoms with Gasteiger partial charge in [0.15, 0.2) is 0 Å². The van der Waals surface area contributed by atoms with Gasteiger partial charge in [0.25, 0.3) is 0 Å². The highest BCUT2D eigenvalue weighted by Crippen LogP contribution is 2.08. The molecule has 3 N–H and O–H groups in total. The highest BCUT2D eigenvalue weighted by atomic mass is 35.5. The van der Waals surface area contributed by atoms with Gasteiger partial charge in [0, 0.05) is 13.2 Å². The quantitative estimate of drug-likeness (QED) is 0.535. The Morgan fingerprint density at radius 3 is 2.06 bits per heavy atom. The monoisotopic (exact) mass is 267 g/mol. The third-order valence-electron chi connectivity index (χ3n) is 2.72. The number of hydrogen-bond donors (Lipinski definition) is 2. The van der Waals surface area contributed by atoms with Crippen molar-refractivity contribution in [3.05, 3.63) is 0 Å². The first kappa shape index (κ1) is 19.5. The zero-order valence-electron chi connectivity index (χ0n) is 11.2. The minimum atomic E-state index is -0.492. The molecule has 0 radical (unpaired) electrons. The van der Waals surface area contributed by atoms with Crippen LogP contribution in [0.5, 0.6) is 0 Å². The molecule has 3 nitrogen and oxygen atoms in total. The van der Waals surface area contributed by atoms with E-state index in [2.05, 4.69) is 6.92 Å². The molecule has 0 heterocycles. The van der Waals surface area contributed by atoms with E-state index in [-0.39, 0.29) is 19.0 Å². The summed E-state index contributed by atoms with van der Waals surface area (Å²) in [5.74, 6) is 0. The molecule has 106 valence electrons. The summed E-state index contributed by atoms with van der Waals surface area (Å²) in [6, 6.07) is 0. The van der Waals surface area contributed by atoms with Crippen LogP contribution in [-0.4, -0.2) is 31.0 Å². The minimum absolute atomic E-state index is 0. The molecule has 17 heavy (non-hydrogen) atoms. The third-order valence-corrected chi connectivity index (χ3v) is 2.72. The average molecular weight is 268 g/mol. The van der Waals surface area contributed by atoms with Gasteiger partial charge in [-0.25, -0.2) is 0 Å². The zero-order chi connectivity index (χ0) is 12.1. The van der Waals surface area contributed by atoms with Crippen molar-refractivity contribution in [1.82, 2.24) is 0 Å². The molecule has 0 aliphatic heterocycles. The molecular formula is C13H30ClNO2. The molecule has 0 aromatic rings. The van der Waals surface area contributed by atoms with Gasteiger partial charge in [-0.1, -0.05) is 51.9 Å². The van der Waals surface area contributed by atoms with Gasteiger partial charge in [-0.15, -0.1) is 12.4 Å². The van der Waals surface area contributed by atoms with Crippen molar-refractivity contribution < 1.29 is 9.84 Å². The molecule has 4 heteroatoms. The van der Waals surface area contributed by atoms with E-state index in [1.54, 1.807) is 0 Å². The Hall–Kier alpha value is 0.170. The second-order valence-electron chi connectivity index (χ2n) is 4.44. The fourth-order valence-electron chi connectivity index (χ4n) is 1.63. The molecule has 1 atom stereocenters. The Morgan fingerprint density at radius 1 is 1.00 bits per heavy atom. The Bertz CT molecular complexity index is 137. The van der Waals surface area contributed by atoms with Gasteiger partial charge in [-0.2, -0.15) is 0 Å². The number of aliphatic hydroxyl groups excluding tert-OH is 1. The number of nitrogens with two attached hydrogens (primary N) is 1. The Morgan fingerprint density at radius 2 is 1.53 bits per heavy atom. The van der Waals surface area contributed by atoms with Crippen molar-refractivity contribution in [1.29, 1.82) is 0 Å². The van der Waals surface area contributed by atoms with E-state index in [1.807, 2.05) is 0 Å². The van der Waals surface area contributed by atoms with Crippen LogP contribution in [0.15, 0.2) is 0 Å². The lowest BCUT2D eigenvalue weighted by atomic mass is 10.1. The molecule has 0 bridgehead atoms. The summed E-state index contributed by atoms with van der Waals surface area (Å²) < 4.78 is 5.30. The molecule has 0 aromatic carbocycles. The lowest BCUT2D eigenvalue weighted by molar-refractivity contribution is 0.0396. The molecule has 0 aromatic heterocycles. The summed E-state index contributed by atoms with van der Waals surface area (Å²) in [5, 5.41) is 9.13. The molecule has 0 saturated carbocycles. The van der Waals surface area contributed by atoms with Crippen LogP contribution >= 0.6 is 12.4 Å². The number of unbranched alkanes of at least 4 members (excludes halogenated alkanes) is 7. The van der Waals surface area contributed by atoms with E-state index < -0.39 is 6.10 Å². The van der Waals surface area contributed by atoms with Crippen molar-refractivity contribution in [2.45, 2.75) is 64.4 Å². The van der Waals surface area contributed by atoms with E-state index in [0.29, 0.717) is 6.61 Å². The van der Waals surface area contributed by atoms with Gasteiger partial charge in [0.2, 0.25) is 0 Å². The van der Waals surface area contributed by atoms with E-state index in [4.69, 9.17) is 15.6 Å². The minimum Gasteiger partial charge on any atom is -0.389 e. The summed E-state index contributed by atoms with van der Waals surface area (Å²) >= 11 is 0. The first-order valence-corrected chi connectivity index (χ1v) is 6.77. The fourth-order valence-corrected chi connectivity index (χ4v) is 1.63. The van der Waals surface area contributed by atoms with Gasteiger partial charge >= 0.3 is 0 Å². The summed E-state index contributed by atoms with van der Waals surface area (Å²) in [7, 11) is 0. The molecule has 0 spiro atoms. The second-order valence-corrected chi connectivity index (χ2v) is 4.44. The first-order valence-electron chi connectivity index (χ1n) is 6.77. The van der Waals surface area contributed by atoms with E-state index in [1.165, 1.54) is 44.9 Å². The molecule has 0 unspecified atom stereocenters. The lowest BCUT2D eigenvalue weighted by Gasteiger charge is -2.08. The maximum Gasteiger partial charge on any atom is 0.0895 e. The van der Waals surface area contributed by atoms with Gasteiger partial charge in [-0.05, 0) is 6.42 Å². The molecule has 0 saturated heterocycles. The standard InChI is InChI=1S/C13H29NO2.ClH/c1-2-3-4-5-6-7-8-9-10-16-12-13(15)11-14;/h13,15H,2-12,14H2,1H3;1H/t13-;/m0./s1. The lowest BCUT2D eigenvalue weighted by Crippen LogP contribution is -2.25. The summed E-state index contributed by atoms with van der Waals surface area (Å²) in [4.78, 5) is 0. The van der Waals surface area contributed by atoms with Crippen LogP contribution < -0.4 is 5.73 Å². The molecule has 0 amide bonds. The van der Waals surface area contributed by atoms with Crippen LogP contribution in [0.25, 0.3) is 0 Å². The van der Waals surface area contributed by atoms with Crippen LogP contribution in [-0.2, 0) is 4.74 Å². The Balaban J connectivity index is 0. The highest BCUT2D eigenvalue weighted by Gasteiger charge is 1.99. The van der Waals surface area contributed by atoms with Crippen molar-refractivity contribution in [3.8, 4) is 0 Å². The highest BCUT2D eigenvalue weighted by molar-refractivity contribution is 5.85. The van der Waals surface area contributed by atoms with Crippen molar-refractivity contribution in [2.75, 3.05) is 19.8 Å². The van der Waals surface area contributed by atoms with Crippen LogP contribution in [0, 0.1) is 0 Å². The number of halogens is 1. The maximum absolute atomic E-state index is 9.13. The summed E-state index contributed by atoms with van der Waals surface area (Å²) in [5.41, 5.74) is 5.26. The van der Waals surface area contributed by atoms with Gasteiger partial charge in [-0.3, -0.25) is 0 Å². The average Bonchev–Trinajstić information content (AvgIpc) is 2.31. The number of aliphatic hydroxyl groups is 1. The Kier molecular flexibility index (Phi) is 18.6. The van der Waals surface area contributed by atoms with Crippen LogP contribution in [0.1, 0.15) is 58.3 Å². The molecule has 0 rings (SSSR count). The summed E-state index contributed by atoms with van der Waals surface area (Å²) in [6.45, 7) is 3.67. The van der Waals surface area contributed by atoms with Crippen LogP contribution in [0.3, 0.4) is 0 Å². The van der Waals surface area contributed by atoms with Crippen molar-refractivity contribution >= 4 is 12.4 Å². The van der Waals surface area contributed by atoms with Crippen molar-refractivity contribution in [3.63, 3.8) is 0 Å². The van der Waals surface area contributed by atoms with Gasteiger partial charge < -0.3 is 15.6 Å². The van der Waals surface area contributed by atoms with E-state index in [9.17, 15) is 0 Å². The third kappa shape index (κ3) is 16.2. The predicted octanol–water partition coefficient (Wildman–Crippen LogP) is 2.89. The number of ether oxygens (including phenoxy) is 1. The molecule has 0 aliphatic carbocycles. The van der Waals surface area contributed by atoms with Crippen LogP contribution in [0.2, 0.25) is 0 Å². The van der Waals surface area contributed by atoms with Crippen LogP contribution in [0.4, 0.5) is 0 Å². The zero-order valence-corrected chi connectivity index (χ0v) is 12.0. The molecule has 0 aliphatic rings. The molecular weight excluding hydrogens is 238 g/mol.